The fourth-order valence-corrected chi connectivity index (χ4v) is 4.01. The monoisotopic (exact) mass is 403 g/mol. The van der Waals surface area contributed by atoms with Crippen molar-refractivity contribution in [2.45, 2.75) is 27.3 Å². The Morgan fingerprint density at radius 3 is 2.46 bits per heavy atom. The van der Waals surface area contributed by atoms with Gasteiger partial charge in [0.25, 0.3) is 5.91 Å². The summed E-state index contributed by atoms with van der Waals surface area (Å²) in [6.07, 6.45) is 0. The Kier molecular flexibility index (Phi) is 6.18. The number of thiazole rings is 1. The van der Waals surface area contributed by atoms with Crippen LogP contribution in [0.1, 0.15) is 16.8 Å². The number of aromatic nitrogens is 1. The number of nitrogens with zero attached hydrogens (tertiary/aromatic N) is 3. The van der Waals surface area contributed by atoms with Crippen molar-refractivity contribution in [3.8, 4) is 0 Å². The molecule has 0 bridgehead atoms. The number of hydrogen-bond acceptors (Lipinski definition) is 6. The molecule has 150 valence electrons. The highest BCUT2D eigenvalue weighted by Crippen LogP contribution is 2.23. The molecule has 0 aliphatic carbocycles. The highest BCUT2D eigenvalue weighted by molar-refractivity contribution is 7.07. The van der Waals surface area contributed by atoms with Gasteiger partial charge in [0, 0.05) is 42.9 Å². The zero-order valence-corrected chi connectivity index (χ0v) is 17.3. The van der Waals surface area contributed by atoms with Gasteiger partial charge in [-0.15, -0.1) is 0 Å². The number of esters is 1. The summed E-state index contributed by atoms with van der Waals surface area (Å²) >= 11 is 1.04. The molecule has 8 heteroatoms. The van der Waals surface area contributed by atoms with Crippen molar-refractivity contribution in [1.29, 1.82) is 0 Å². The number of rotatable bonds is 5. The molecule has 28 heavy (non-hydrogen) atoms. The Morgan fingerprint density at radius 2 is 1.82 bits per heavy atom. The van der Waals surface area contributed by atoms with Crippen LogP contribution in [0, 0.1) is 20.8 Å². The molecule has 0 atom stereocenters. The Bertz CT molecular complexity index is 926. The van der Waals surface area contributed by atoms with Crippen molar-refractivity contribution in [2.24, 2.45) is 0 Å². The second-order valence-corrected chi connectivity index (χ2v) is 7.80. The van der Waals surface area contributed by atoms with E-state index >= 15 is 0 Å². The van der Waals surface area contributed by atoms with Crippen LogP contribution in [-0.4, -0.2) is 54.1 Å². The van der Waals surface area contributed by atoms with Crippen molar-refractivity contribution >= 4 is 28.9 Å². The normalized spacial score (nSPS) is 14.2. The van der Waals surface area contributed by atoms with Crippen molar-refractivity contribution in [3.05, 3.63) is 50.1 Å². The van der Waals surface area contributed by atoms with E-state index in [1.807, 2.05) is 0 Å². The maximum absolute atomic E-state index is 12.4. The first-order valence-electron chi connectivity index (χ1n) is 9.26. The number of hydrogen-bond donors (Lipinski definition) is 0. The van der Waals surface area contributed by atoms with Crippen LogP contribution in [0.4, 0.5) is 5.69 Å². The van der Waals surface area contributed by atoms with Crippen LogP contribution in [0.15, 0.2) is 28.4 Å². The standard InChI is InChI=1S/C20H25N3O4S/c1-14-5-4-6-17(16(14)3)21-7-9-22(10-8-21)18(24)12-27-19(25)11-23-15(2)13-28-20(23)26/h4-6,13H,7-12H2,1-3H3. The summed E-state index contributed by atoms with van der Waals surface area (Å²) in [7, 11) is 0. The minimum absolute atomic E-state index is 0.165. The molecule has 2 aromatic rings. The summed E-state index contributed by atoms with van der Waals surface area (Å²) < 4.78 is 6.44. The van der Waals surface area contributed by atoms with Crippen LogP contribution < -0.4 is 9.77 Å². The first-order valence-corrected chi connectivity index (χ1v) is 10.1. The van der Waals surface area contributed by atoms with Crippen molar-refractivity contribution in [3.63, 3.8) is 0 Å². The molecule has 1 aliphatic rings. The zero-order chi connectivity index (χ0) is 20.3. The van der Waals surface area contributed by atoms with Crippen molar-refractivity contribution in [1.82, 2.24) is 9.47 Å². The van der Waals surface area contributed by atoms with E-state index in [0.29, 0.717) is 18.8 Å². The molecule has 1 saturated heterocycles. The number of piperazine rings is 1. The number of benzene rings is 1. The largest absolute Gasteiger partial charge is 0.454 e. The minimum Gasteiger partial charge on any atom is -0.454 e. The van der Waals surface area contributed by atoms with E-state index in [1.54, 1.807) is 17.2 Å². The molecule has 1 aromatic heterocycles. The van der Waals surface area contributed by atoms with Crippen LogP contribution in [0.3, 0.4) is 0 Å². The number of amides is 1. The van der Waals surface area contributed by atoms with Gasteiger partial charge >= 0.3 is 10.8 Å². The molecule has 0 saturated carbocycles. The van der Waals surface area contributed by atoms with Crippen LogP contribution in [0.25, 0.3) is 0 Å². The van der Waals surface area contributed by atoms with E-state index in [4.69, 9.17) is 4.74 Å². The molecule has 1 fully saturated rings. The molecular weight excluding hydrogens is 378 g/mol. The maximum Gasteiger partial charge on any atom is 0.326 e. The maximum atomic E-state index is 12.4. The third-order valence-electron chi connectivity index (χ3n) is 5.17. The fourth-order valence-electron chi connectivity index (χ4n) is 3.28. The zero-order valence-electron chi connectivity index (χ0n) is 16.4. The highest BCUT2D eigenvalue weighted by atomic mass is 32.1. The fraction of sp³-hybridized carbons (Fsp3) is 0.450. The lowest BCUT2D eigenvalue weighted by atomic mass is 10.1. The molecule has 3 rings (SSSR count). The summed E-state index contributed by atoms with van der Waals surface area (Å²) in [6.45, 7) is 8.18. The van der Waals surface area contributed by atoms with Crippen LogP contribution >= 0.6 is 11.3 Å². The summed E-state index contributed by atoms with van der Waals surface area (Å²) in [5, 5.41) is 1.69. The third kappa shape index (κ3) is 4.44. The molecule has 0 N–H and O–H groups in total. The summed E-state index contributed by atoms with van der Waals surface area (Å²) in [5.41, 5.74) is 4.42. The van der Waals surface area contributed by atoms with E-state index in [9.17, 15) is 14.4 Å². The van der Waals surface area contributed by atoms with Gasteiger partial charge in [0.15, 0.2) is 6.61 Å². The molecular formula is C20H25N3O4S. The lowest BCUT2D eigenvalue weighted by Gasteiger charge is -2.37. The van der Waals surface area contributed by atoms with Gasteiger partial charge < -0.3 is 14.5 Å². The van der Waals surface area contributed by atoms with Crippen LogP contribution in [-0.2, 0) is 20.9 Å². The molecule has 2 heterocycles. The lowest BCUT2D eigenvalue weighted by Crippen LogP contribution is -2.50. The highest BCUT2D eigenvalue weighted by Gasteiger charge is 2.23. The van der Waals surface area contributed by atoms with Crippen molar-refractivity contribution < 1.29 is 14.3 Å². The topological polar surface area (TPSA) is 71.8 Å². The summed E-state index contributed by atoms with van der Waals surface area (Å²) in [4.78, 5) is 39.8. The van der Waals surface area contributed by atoms with Gasteiger partial charge in [-0.2, -0.15) is 0 Å². The summed E-state index contributed by atoms with van der Waals surface area (Å²) in [6, 6.07) is 6.25. The lowest BCUT2D eigenvalue weighted by molar-refractivity contribution is -0.152. The van der Waals surface area contributed by atoms with Crippen LogP contribution in [0.2, 0.25) is 0 Å². The first kappa shape index (κ1) is 20.1. The first-order chi connectivity index (χ1) is 13.4. The predicted molar refractivity (Wildman–Crippen MR) is 109 cm³/mol. The molecule has 0 unspecified atom stereocenters. The second-order valence-electron chi connectivity index (χ2n) is 6.98. The molecule has 0 spiro atoms. The Balaban J connectivity index is 1.48. The van der Waals surface area contributed by atoms with Gasteiger partial charge in [0.1, 0.15) is 6.54 Å². The van der Waals surface area contributed by atoms with E-state index < -0.39 is 5.97 Å². The van der Waals surface area contributed by atoms with E-state index in [2.05, 4.69) is 36.9 Å². The van der Waals surface area contributed by atoms with Gasteiger partial charge in [-0.3, -0.25) is 19.0 Å². The number of ether oxygens (including phenoxy) is 1. The van der Waals surface area contributed by atoms with Crippen LogP contribution in [0.5, 0.6) is 0 Å². The Hall–Kier alpha value is -2.61. The number of carbonyl (C=O) groups is 2. The van der Waals surface area contributed by atoms with Gasteiger partial charge in [-0.05, 0) is 38.0 Å². The second kappa shape index (κ2) is 8.60. The van der Waals surface area contributed by atoms with Crippen molar-refractivity contribution in [2.75, 3.05) is 37.7 Å². The minimum atomic E-state index is -0.578. The number of aryl methyl sites for hydroxylation is 2. The number of anilines is 1. The average Bonchev–Trinajstić information content (AvgIpc) is 3.00. The SMILES string of the molecule is Cc1cccc(N2CCN(C(=O)COC(=O)Cn3c(C)csc3=O)CC2)c1C. The molecule has 0 radical (unpaired) electrons. The quantitative estimate of drug-likeness (QED) is 0.711. The molecule has 1 amide bonds. The van der Waals surface area contributed by atoms with Gasteiger partial charge in [-0.25, -0.2) is 0 Å². The van der Waals surface area contributed by atoms with Gasteiger partial charge in [0.2, 0.25) is 0 Å². The Labute approximate surface area is 168 Å². The van der Waals surface area contributed by atoms with E-state index in [0.717, 1.165) is 24.4 Å². The molecule has 1 aliphatic heterocycles. The molecule has 1 aromatic carbocycles. The van der Waals surface area contributed by atoms with E-state index in [-0.39, 0.29) is 23.9 Å². The predicted octanol–water partition coefficient (Wildman–Crippen LogP) is 1.73. The average molecular weight is 404 g/mol. The number of carbonyl (C=O) groups excluding carboxylic acids is 2. The Morgan fingerprint density at radius 1 is 1.11 bits per heavy atom. The molecule has 7 nitrogen and oxygen atoms in total. The van der Waals surface area contributed by atoms with Gasteiger partial charge in [-0.1, -0.05) is 23.5 Å². The summed E-state index contributed by atoms with van der Waals surface area (Å²) in [5.74, 6) is -0.783. The van der Waals surface area contributed by atoms with Gasteiger partial charge in [0.05, 0.1) is 0 Å². The smallest absolute Gasteiger partial charge is 0.326 e. The third-order valence-corrected chi connectivity index (χ3v) is 6.05. The van der Waals surface area contributed by atoms with E-state index in [1.165, 1.54) is 21.4 Å².